The Morgan fingerprint density at radius 1 is 0.833 bits per heavy atom. The first kappa shape index (κ1) is 12.9. The lowest BCUT2D eigenvalue weighted by molar-refractivity contribution is -0.0543. The standard InChI is InChI=1S/C15H28N2O/c16-11-9-12-5-4-6-13(10-11)17(12)14-7-2-1-3-8-15(14)18/h11-15,18H,1-10,16H2. The van der Waals surface area contributed by atoms with E-state index in [9.17, 15) is 5.11 Å². The number of nitrogens with two attached hydrogens (primary N) is 1. The number of aliphatic hydroxyl groups is 1. The van der Waals surface area contributed by atoms with Crippen LogP contribution in [-0.2, 0) is 0 Å². The highest BCUT2D eigenvalue weighted by Gasteiger charge is 2.42. The number of hydrogen-bond donors (Lipinski definition) is 2. The highest BCUT2D eigenvalue weighted by atomic mass is 16.3. The normalized spacial score (nSPS) is 46.7. The Hall–Kier alpha value is -0.120. The second-order valence-corrected chi connectivity index (χ2v) is 6.69. The third-order valence-corrected chi connectivity index (χ3v) is 5.39. The average molecular weight is 252 g/mol. The highest BCUT2D eigenvalue weighted by molar-refractivity contribution is 4.98. The second-order valence-electron chi connectivity index (χ2n) is 6.69. The van der Waals surface area contributed by atoms with Gasteiger partial charge in [-0.05, 0) is 38.5 Å². The fourth-order valence-electron chi connectivity index (χ4n) is 4.62. The molecular weight excluding hydrogens is 224 g/mol. The zero-order chi connectivity index (χ0) is 12.5. The van der Waals surface area contributed by atoms with Gasteiger partial charge in [-0.25, -0.2) is 0 Å². The summed E-state index contributed by atoms with van der Waals surface area (Å²) in [5.74, 6) is 0. The van der Waals surface area contributed by atoms with E-state index in [1.54, 1.807) is 0 Å². The summed E-state index contributed by atoms with van der Waals surface area (Å²) in [5.41, 5.74) is 6.19. The van der Waals surface area contributed by atoms with E-state index in [-0.39, 0.29) is 6.10 Å². The first-order valence-corrected chi connectivity index (χ1v) is 7.97. The lowest BCUT2D eigenvalue weighted by Gasteiger charge is -2.52. The molecule has 1 aliphatic carbocycles. The van der Waals surface area contributed by atoms with Gasteiger partial charge in [0.05, 0.1) is 6.10 Å². The van der Waals surface area contributed by atoms with E-state index in [1.807, 2.05) is 0 Å². The minimum absolute atomic E-state index is 0.0927. The van der Waals surface area contributed by atoms with Crippen LogP contribution in [0.1, 0.15) is 64.2 Å². The van der Waals surface area contributed by atoms with Crippen molar-refractivity contribution in [3.63, 3.8) is 0 Å². The van der Waals surface area contributed by atoms with Crippen LogP contribution in [0.25, 0.3) is 0 Å². The summed E-state index contributed by atoms with van der Waals surface area (Å²) in [6.45, 7) is 0. The summed E-state index contributed by atoms with van der Waals surface area (Å²) in [4.78, 5) is 2.70. The summed E-state index contributed by atoms with van der Waals surface area (Å²) in [7, 11) is 0. The number of aliphatic hydroxyl groups excluding tert-OH is 1. The van der Waals surface area contributed by atoms with Crippen molar-refractivity contribution in [2.75, 3.05) is 0 Å². The topological polar surface area (TPSA) is 49.5 Å². The van der Waals surface area contributed by atoms with E-state index >= 15 is 0 Å². The lowest BCUT2D eigenvalue weighted by atomic mass is 9.80. The molecule has 2 heterocycles. The smallest absolute Gasteiger partial charge is 0.0695 e. The molecule has 3 rings (SSSR count). The van der Waals surface area contributed by atoms with Gasteiger partial charge >= 0.3 is 0 Å². The van der Waals surface area contributed by atoms with Crippen LogP contribution < -0.4 is 5.73 Å². The van der Waals surface area contributed by atoms with Crippen molar-refractivity contribution in [1.82, 2.24) is 4.90 Å². The van der Waals surface area contributed by atoms with Crippen LogP contribution in [0.5, 0.6) is 0 Å². The third-order valence-electron chi connectivity index (χ3n) is 5.39. The van der Waals surface area contributed by atoms with Crippen molar-refractivity contribution in [3.8, 4) is 0 Å². The molecule has 18 heavy (non-hydrogen) atoms. The largest absolute Gasteiger partial charge is 0.391 e. The molecule has 0 aromatic heterocycles. The molecule has 0 aromatic carbocycles. The Morgan fingerprint density at radius 3 is 2.22 bits per heavy atom. The Balaban J connectivity index is 1.76. The van der Waals surface area contributed by atoms with Gasteiger partial charge in [0.1, 0.15) is 0 Å². The molecule has 4 atom stereocenters. The fraction of sp³-hybridized carbons (Fsp3) is 1.00. The lowest BCUT2D eigenvalue weighted by Crippen LogP contribution is -2.61. The summed E-state index contributed by atoms with van der Waals surface area (Å²) >= 11 is 0. The summed E-state index contributed by atoms with van der Waals surface area (Å²) in [5, 5.41) is 10.4. The van der Waals surface area contributed by atoms with Crippen molar-refractivity contribution in [3.05, 3.63) is 0 Å². The minimum Gasteiger partial charge on any atom is -0.391 e. The number of fused-ring (bicyclic) bond motifs is 2. The molecule has 3 N–H and O–H groups in total. The van der Waals surface area contributed by atoms with Crippen LogP contribution in [0.4, 0.5) is 0 Å². The predicted molar refractivity (Wildman–Crippen MR) is 73.4 cm³/mol. The molecule has 3 nitrogen and oxygen atoms in total. The van der Waals surface area contributed by atoms with Gasteiger partial charge < -0.3 is 10.8 Å². The van der Waals surface area contributed by atoms with Crippen LogP contribution in [0.3, 0.4) is 0 Å². The van der Waals surface area contributed by atoms with E-state index in [2.05, 4.69) is 4.90 Å². The molecular formula is C15H28N2O. The van der Waals surface area contributed by atoms with Gasteiger partial charge in [-0.2, -0.15) is 0 Å². The van der Waals surface area contributed by atoms with Gasteiger partial charge in [-0.3, -0.25) is 4.90 Å². The molecule has 0 aromatic rings. The summed E-state index contributed by atoms with van der Waals surface area (Å²) < 4.78 is 0. The minimum atomic E-state index is -0.0927. The fourth-order valence-corrected chi connectivity index (χ4v) is 4.62. The van der Waals surface area contributed by atoms with Gasteiger partial charge in [0.15, 0.2) is 0 Å². The quantitative estimate of drug-likeness (QED) is 0.702. The Kier molecular flexibility index (Phi) is 3.92. The van der Waals surface area contributed by atoms with Crippen LogP contribution in [-0.4, -0.2) is 40.3 Å². The molecule has 2 aliphatic heterocycles. The van der Waals surface area contributed by atoms with Crippen molar-refractivity contribution < 1.29 is 5.11 Å². The number of rotatable bonds is 1. The van der Waals surface area contributed by atoms with E-state index < -0.39 is 0 Å². The summed E-state index contributed by atoms with van der Waals surface area (Å²) in [6.07, 6.45) is 12.2. The number of piperidine rings is 2. The van der Waals surface area contributed by atoms with Crippen LogP contribution in [0.2, 0.25) is 0 Å². The average Bonchev–Trinajstić information content (AvgIpc) is 2.53. The second kappa shape index (κ2) is 5.48. The molecule has 0 radical (unpaired) electrons. The maximum Gasteiger partial charge on any atom is 0.0695 e. The third kappa shape index (κ3) is 2.45. The Labute approximate surface area is 111 Å². The maximum absolute atomic E-state index is 10.4. The van der Waals surface area contributed by atoms with E-state index in [0.29, 0.717) is 24.2 Å². The first-order valence-electron chi connectivity index (χ1n) is 7.97. The van der Waals surface area contributed by atoms with Gasteiger partial charge in [-0.1, -0.05) is 25.7 Å². The molecule has 104 valence electrons. The SMILES string of the molecule is NC1CC2CCCC(C1)N2C1CCCCCC1O. The molecule has 3 fully saturated rings. The number of nitrogens with zero attached hydrogens (tertiary/aromatic N) is 1. The van der Waals surface area contributed by atoms with Gasteiger partial charge in [0.2, 0.25) is 0 Å². The zero-order valence-electron chi connectivity index (χ0n) is 11.4. The van der Waals surface area contributed by atoms with Gasteiger partial charge in [-0.15, -0.1) is 0 Å². The molecule has 1 saturated carbocycles. The monoisotopic (exact) mass is 252 g/mol. The Morgan fingerprint density at radius 2 is 1.50 bits per heavy atom. The molecule has 4 unspecified atom stereocenters. The number of hydrogen-bond acceptors (Lipinski definition) is 3. The van der Waals surface area contributed by atoms with E-state index in [4.69, 9.17) is 5.73 Å². The molecule has 3 aliphatic rings. The maximum atomic E-state index is 10.4. The zero-order valence-corrected chi connectivity index (χ0v) is 11.4. The molecule has 2 saturated heterocycles. The van der Waals surface area contributed by atoms with Crippen LogP contribution >= 0.6 is 0 Å². The molecule has 0 spiro atoms. The Bertz CT molecular complexity index is 270. The highest BCUT2D eigenvalue weighted by Crippen LogP contribution is 2.38. The van der Waals surface area contributed by atoms with Crippen LogP contribution in [0, 0.1) is 0 Å². The van der Waals surface area contributed by atoms with Crippen molar-refractivity contribution >= 4 is 0 Å². The van der Waals surface area contributed by atoms with E-state index in [1.165, 1.54) is 44.9 Å². The summed E-state index contributed by atoms with van der Waals surface area (Å²) in [6, 6.07) is 2.14. The van der Waals surface area contributed by atoms with Gasteiger partial charge in [0, 0.05) is 24.2 Å². The predicted octanol–water partition coefficient (Wildman–Crippen LogP) is 2.02. The van der Waals surface area contributed by atoms with Gasteiger partial charge in [0.25, 0.3) is 0 Å². The van der Waals surface area contributed by atoms with E-state index in [0.717, 1.165) is 19.3 Å². The van der Waals surface area contributed by atoms with Crippen LogP contribution in [0.15, 0.2) is 0 Å². The van der Waals surface area contributed by atoms with Crippen molar-refractivity contribution in [2.45, 2.75) is 94.5 Å². The molecule has 0 amide bonds. The van der Waals surface area contributed by atoms with Crippen molar-refractivity contribution in [2.24, 2.45) is 5.73 Å². The first-order chi connectivity index (χ1) is 8.75. The molecule has 3 heteroatoms. The van der Waals surface area contributed by atoms with Crippen molar-refractivity contribution in [1.29, 1.82) is 0 Å². The molecule has 2 bridgehead atoms.